The van der Waals surface area contributed by atoms with Crippen molar-refractivity contribution in [2.75, 3.05) is 0 Å². The first-order valence-corrected chi connectivity index (χ1v) is 6.95. The largest absolute Gasteiger partial charge is 0.277 e. The van der Waals surface area contributed by atoms with Gasteiger partial charge < -0.3 is 0 Å². The molecule has 0 amide bonds. The quantitative estimate of drug-likeness (QED) is 0.746. The number of rotatable bonds is 5. The Hall–Kier alpha value is -2.68. The Bertz CT molecular complexity index is 784. The van der Waals surface area contributed by atoms with Crippen LogP contribution in [0, 0.1) is 0 Å². The fraction of sp³-hybridized carbons (Fsp3) is 0.111. The highest BCUT2D eigenvalue weighted by molar-refractivity contribution is 5.89. The maximum Gasteiger partial charge on any atom is 0.0953 e. The minimum absolute atomic E-state index is 0.843. The first-order valence-electron chi connectivity index (χ1n) is 6.95. The van der Waals surface area contributed by atoms with Crippen LogP contribution in [0.1, 0.15) is 24.1 Å². The Morgan fingerprint density at radius 3 is 2.48 bits per heavy atom. The molecule has 0 aliphatic heterocycles. The summed E-state index contributed by atoms with van der Waals surface area (Å²) in [6.45, 7) is 8.32. The van der Waals surface area contributed by atoms with E-state index in [9.17, 15) is 0 Å². The van der Waals surface area contributed by atoms with Gasteiger partial charge in [-0.25, -0.2) is 0 Å². The average molecular weight is 275 g/mol. The number of aromatic amines is 1. The number of nitrogens with one attached hydrogen (secondary N) is 1. The first kappa shape index (κ1) is 13.3. The summed E-state index contributed by atoms with van der Waals surface area (Å²) in [5.41, 5.74) is 5.25. The van der Waals surface area contributed by atoms with E-state index >= 15 is 0 Å². The highest BCUT2D eigenvalue weighted by Gasteiger charge is 2.09. The number of pyridine rings is 1. The van der Waals surface area contributed by atoms with Crippen molar-refractivity contribution in [3.05, 3.63) is 73.2 Å². The fourth-order valence-electron chi connectivity index (χ4n) is 2.39. The monoisotopic (exact) mass is 275 g/mol. The van der Waals surface area contributed by atoms with Crippen molar-refractivity contribution in [3.8, 4) is 0 Å². The lowest BCUT2D eigenvalue weighted by molar-refractivity contribution is 1.04. The van der Waals surface area contributed by atoms with Gasteiger partial charge in [-0.15, -0.1) is 0 Å². The molecule has 3 heteroatoms. The van der Waals surface area contributed by atoms with Crippen LogP contribution in [-0.2, 0) is 0 Å². The Kier molecular flexibility index (Phi) is 3.65. The van der Waals surface area contributed by atoms with Gasteiger partial charge in [0.2, 0.25) is 0 Å². The third-order valence-corrected chi connectivity index (χ3v) is 3.62. The zero-order valence-electron chi connectivity index (χ0n) is 11.8. The van der Waals surface area contributed by atoms with E-state index in [4.69, 9.17) is 0 Å². The van der Waals surface area contributed by atoms with Crippen molar-refractivity contribution in [1.82, 2.24) is 15.2 Å². The molecule has 21 heavy (non-hydrogen) atoms. The van der Waals surface area contributed by atoms with Gasteiger partial charge in [0.1, 0.15) is 0 Å². The molecule has 3 aromatic rings. The molecular formula is C18H17N3. The summed E-state index contributed by atoms with van der Waals surface area (Å²) in [4.78, 5) is 4.03. The molecule has 0 fully saturated rings. The highest BCUT2D eigenvalue weighted by Crippen LogP contribution is 2.27. The van der Waals surface area contributed by atoms with Crippen molar-refractivity contribution in [2.24, 2.45) is 0 Å². The summed E-state index contributed by atoms with van der Waals surface area (Å²) in [5, 5.41) is 8.55. The molecule has 0 atom stereocenters. The summed E-state index contributed by atoms with van der Waals surface area (Å²) in [6.07, 6.45) is 5.28. The SMILES string of the molecule is C=C(CCC(=C)c1n[nH]c2ccccc12)c1ccncc1. The summed E-state index contributed by atoms with van der Waals surface area (Å²) >= 11 is 0. The van der Waals surface area contributed by atoms with Gasteiger partial charge in [-0.1, -0.05) is 31.4 Å². The van der Waals surface area contributed by atoms with Crippen LogP contribution in [0.15, 0.2) is 61.9 Å². The molecule has 1 N–H and O–H groups in total. The van der Waals surface area contributed by atoms with E-state index in [-0.39, 0.29) is 0 Å². The molecular weight excluding hydrogens is 258 g/mol. The van der Waals surface area contributed by atoms with E-state index in [1.165, 1.54) is 0 Å². The minimum atomic E-state index is 0.843. The number of allylic oxidation sites excluding steroid dienone is 2. The van der Waals surface area contributed by atoms with E-state index in [1.807, 2.05) is 30.3 Å². The van der Waals surface area contributed by atoms with Crippen molar-refractivity contribution in [2.45, 2.75) is 12.8 Å². The molecule has 0 unspecified atom stereocenters. The second-order valence-corrected chi connectivity index (χ2v) is 5.06. The standard InChI is InChI=1S/C18H17N3/c1-13(15-9-11-19-12-10-15)7-8-14(2)18-16-5-3-4-6-17(16)20-21-18/h3-6,9-12H,1-2,7-8H2,(H,20,21). The van der Waals surface area contributed by atoms with Crippen LogP contribution < -0.4 is 0 Å². The Morgan fingerprint density at radius 2 is 1.67 bits per heavy atom. The van der Waals surface area contributed by atoms with Crippen LogP contribution in [0.25, 0.3) is 22.0 Å². The number of nitrogens with zero attached hydrogens (tertiary/aromatic N) is 2. The Labute approximate surface area is 124 Å². The molecule has 3 rings (SSSR count). The summed E-state index contributed by atoms with van der Waals surface area (Å²) in [6, 6.07) is 12.1. The lowest BCUT2D eigenvalue weighted by atomic mass is 9.99. The topological polar surface area (TPSA) is 41.6 Å². The first-order chi connectivity index (χ1) is 10.3. The summed E-state index contributed by atoms with van der Waals surface area (Å²) in [7, 11) is 0. The van der Waals surface area contributed by atoms with Crippen molar-refractivity contribution < 1.29 is 0 Å². The molecule has 0 aliphatic carbocycles. The Balaban J connectivity index is 1.71. The lowest BCUT2D eigenvalue weighted by Crippen LogP contribution is -1.88. The molecule has 0 aliphatic rings. The van der Waals surface area contributed by atoms with Gasteiger partial charge in [-0.2, -0.15) is 5.10 Å². The number of hydrogen-bond acceptors (Lipinski definition) is 2. The smallest absolute Gasteiger partial charge is 0.0953 e. The van der Waals surface area contributed by atoms with Crippen LogP contribution >= 0.6 is 0 Å². The van der Waals surface area contributed by atoms with Gasteiger partial charge in [0, 0.05) is 17.8 Å². The van der Waals surface area contributed by atoms with Crippen molar-refractivity contribution >= 4 is 22.0 Å². The maximum atomic E-state index is 4.38. The van der Waals surface area contributed by atoms with Crippen molar-refractivity contribution in [3.63, 3.8) is 0 Å². The fourth-order valence-corrected chi connectivity index (χ4v) is 2.39. The van der Waals surface area contributed by atoms with E-state index < -0.39 is 0 Å². The van der Waals surface area contributed by atoms with Crippen LogP contribution in [0.2, 0.25) is 0 Å². The minimum Gasteiger partial charge on any atom is -0.277 e. The van der Waals surface area contributed by atoms with Gasteiger partial charge in [0.15, 0.2) is 0 Å². The van der Waals surface area contributed by atoms with E-state index in [0.29, 0.717) is 0 Å². The second kappa shape index (κ2) is 5.75. The van der Waals surface area contributed by atoms with E-state index in [1.54, 1.807) is 12.4 Å². The number of hydrogen-bond donors (Lipinski definition) is 1. The highest BCUT2D eigenvalue weighted by atomic mass is 15.1. The van der Waals surface area contributed by atoms with E-state index in [0.717, 1.165) is 46.1 Å². The molecule has 0 radical (unpaired) electrons. The van der Waals surface area contributed by atoms with Gasteiger partial charge in [0.25, 0.3) is 0 Å². The van der Waals surface area contributed by atoms with Gasteiger partial charge in [-0.3, -0.25) is 10.1 Å². The third kappa shape index (κ3) is 2.77. The average Bonchev–Trinajstić information content (AvgIpc) is 2.97. The number of H-pyrrole nitrogens is 1. The molecule has 1 aromatic carbocycles. The number of para-hydroxylation sites is 1. The predicted octanol–water partition coefficient (Wildman–Crippen LogP) is 4.46. The van der Waals surface area contributed by atoms with Crippen LogP contribution in [0.4, 0.5) is 0 Å². The normalized spacial score (nSPS) is 10.7. The van der Waals surface area contributed by atoms with Gasteiger partial charge in [-0.05, 0) is 47.8 Å². The lowest BCUT2D eigenvalue weighted by Gasteiger charge is -2.07. The number of fused-ring (bicyclic) bond motifs is 1. The van der Waals surface area contributed by atoms with Crippen LogP contribution in [0.3, 0.4) is 0 Å². The summed E-state index contributed by atoms with van der Waals surface area (Å²) < 4.78 is 0. The number of benzene rings is 1. The molecule has 0 saturated heterocycles. The van der Waals surface area contributed by atoms with E-state index in [2.05, 4.69) is 34.4 Å². The second-order valence-electron chi connectivity index (χ2n) is 5.06. The third-order valence-electron chi connectivity index (χ3n) is 3.62. The summed E-state index contributed by atoms with van der Waals surface area (Å²) in [5.74, 6) is 0. The zero-order valence-corrected chi connectivity index (χ0v) is 11.8. The van der Waals surface area contributed by atoms with Gasteiger partial charge in [0.05, 0.1) is 11.2 Å². The molecule has 2 heterocycles. The van der Waals surface area contributed by atoms with Crippen LogP contribution in [0.5, 0.6) is 0 Å². The molecule has 0 saturated carbocycles. The maximum absolute atomic E-state index is 4.38. The molecule has 3 nitrogen and oxygen atoms in total. The molecule has 0 bridgehead atoms. The molecule has 2 aromatic heterocycles. The predicted molar refractivity (Wildman–Crippen MR) is 87.6 cm³/mol. The Morgan fingerprint density at radius 1 is 0.952 bits per heavy atom. The molecule has 104 valence electrons. The van der Waals surface area contributed by atoms with Crippen LogP contribution in [-0.4, -0.2) is 15.2 Å². The zero-order chi connectivity index (χ0) is 14.7. The number of aromatic nitrogens is 3. The van der Waals surface area contributed by atoms with Crippen molar-refractivity contribution in [1.29, 1.82) is 0 Å². The van der Waals surface area contributed by atoms with Gasteiger partial charge >= 0.3 is 0 Å². The molecule has 0 spiro atoms.